The van der Waals surface area contributed by atoms with Crippen LogP contribution in [-0.2, 0) is 19.4 Å². The van der Waals surface area contributed by atoms with E-state index >= 15 is 0 Å². The van der Waals surface area contributed by atoms with Gasteiger partial charge in [0.2, 0.25) is 0 Å². The molecule has 0 saturated carbocycles. The molecule has 5 nitrogen and oxygen atoms in total. The third-order valence-electron chi connectivity index (χ3n) is 3.85. The third-order valence-corrected chi connectivity index (χ3v) is 4.50. The van der Waals surface area contributed by atoms with Crippen LogP contribution < -0.4 is 5.32 Å². The quantitative estimate of drug-likeness (QED) is 0.670. The molecule has 0 aliphatic carbocycles. The number of hydrogen-bond donors (Lipinski definition) is 1. The van der Waals surface area contributed by atoms with E-state index in [0.717, 1.165) is 47.8 Å². The molecule has 0 saturated heterocycles. The Morgan fingerprint density at radius 1 is 1.08 bits per heavy atom. The Balaban J connectivity index is 1.54. The first kappa shape index (κ1) is 17.7. The fourth-order valence-corrected chi connectivity index (χ4v) is 2.92. The molecule has 0 aliphatic rings. The number of benzene rings is 1. The molecule has 3 aromatic rings. The molecular weight excluding hydrogens is 357 g/mol. The van der Waals surface area contributed by atoms with Gasteiger partial charge in [-0.05, 0) is 36.1 Å². The third kappa shape index (κ3) is 4.71. The van der Waals surface area contributed by atoms with Crippen molar-refractivity contribution in [2.75, 3.05) is 11.9 Å². The van der Waals surface area contributed by atoms with E-state index in [1.807, 2.05) is 42.1 Å². The van der Waals surface area contributed by atoms with Crippen molar-refractivity contribution < 1.29 is 0 Å². The van der Waals surface area contributed by atoms with E-state index in [1.54, 1.807) is 0 Å². The number of halogens is 2. The number of nitrogens with one attached hydrogen (secondary N) is 1. The summed E-state index contributed by atoms with van der Waals surface area (Å²) in [4.78, 5) is 8.37. The van der Waals surface area contributed by atoms with E-state index in [1.165, 1.54) is 6.33 Å². The zero-order valence-electron chi connectivity index (χ0n) is 13.9. The second kappa shape index (κ2) is 8.32. The lowest BCUT2D eigenvalue weighted by Crippen LogP contribution is -2.08. The average Bonchev–Trinajstić information content (AvgIpc) is 3.06. The largest absolute Gasteiger partial charge is 0.368 e. The minimum absolute atomic E-state index is 0.600. The number of aryl methyl sites for hydroxylation is 1. The Morgan fingerprint density at radius 2 is 1.88 bits per heavy atom. The Hall–Kier alpha value is -2.11. The first-order chi connectivity index (χ1) is 12.2. The molecule has 1 aromatic carbocycles. The lowest BCUT2D eigenvalue weighted by Gasteiger charge is -2.08. The molecule has 0 radical (unpaired) electrons. The maximum Gasteiger partial charge on any atom is 0.148 e. The molecule has 2 aromatic heterocycles. The van der Waals surface area contributed by atoms with Crippen molar-refractivity contribution in [3.05, 3.63) is 69.9 Å². The van der Waals surface area contributed by atoms with Crippen LogP contribution in [0.4, 0.5) is 5.82 Å². The summed E-state index contributed by atoms with van der Waals surface area (Å²) in [6.07, 6.45) is 7.10. The Morgan fingerprint density at radius 3 is 2.64 bits per heavy atom. The molecule has 0 fully saturated rings. The molecule has 7 heteroatoms. The summed E-state index contributed by atoms with van der Waals surface area (Å²) in [5.41, 5.74) is 3.18. The Bertz CT molecular complexity index is 830. The summed E-state index contributed by atoms with van der Waals surface area (Å²) in [5.74, 6) is 0.682. The Kier molecular flexibility index (Phi) is 5.89. The summed E-state index contributed by atoms with van der Waals surface area (Å²) in [6.45, 7) is 3.47. The van der Waals surface area contributed by atoms with Gasteiger partial charge in [0.25, 0.3) is 0 Å². The zero-order chi connectivity index (χ0) is 17.6. The van der Waals surface area contributed by atoms with Crippen molar-refractivity contribution in [1.29, 1.82) is 0 Å². The van der Waals surface area contributed by atoms with Crippen LogP contribution in [0.5, 0.6) is 0 Å². The number of anilines is 1. The highest BCUT2D eigenvalue weighted by Crippen LogP contribution is 2.21. The molecule has 25 heavy (non-hydrogen) atoms. The highest BCUT2D eigenvalue weighted by Gasteiger charge is 2.07. The van der Waals surface area contributed by atoms with Crippen molar-refractivity contribution in [1.82, 2.24) is 19.7 Å². The maximum absolute atomic E-state index is 6.28. The van der Waals surface area contributed by atoms with E-state index in [0.29, 0.717) is 10.8 Å². The van der Waals surface area contributed by atoms with E-state index in [9.17, 15) is 0 Å². The van der Waals surface area contributed by atoms with Crippen molar-refractivity contribution in [2.45, 2.75) is 26.3 Å². The van der Waals surface area contributed by atoms with E-state index < -0.39 is 0 Å². The van der Waals surface area contributed by atoms with Gasteiger partial charge in [-0.15, -0.1) is 0 Å². The van der Waals surface area contributed by atoms with Gasteiger partial charge in [0, 0.05) is 17.8 Å². The number of nitrogens with zero attached hydrogens (tertiary/aromatic N) is 4. The van der Waals surface area contributed by atoms with Crippen molar-refractivity contribution >= 4 is 29.0 Å². The van der Waals surface area contributed by atoms with Gasteiger partial charge < -0.3 is 5.32 Å². The van der Waals surface area contributed by atoms with Crippen LogP contribution in [0.25, 0.3) is 0 Å². The highest BCUT2D eigenvalue weighted by molar-refractivity contribution is 6.33. The minimum Gasteiger partial charge on any atom is -0.368 e. The summed E-state index contributed by atoms with van der Waals surface area (Å²) in [6, 6.07) is 7.80. The molecule has 3 rings (SSSR count). The van der Waals surface area contributed by atoms with Gasteiger partial charge in [0.05, 0.1) is 18.4 Å². The van der Waals surface area contributed by atoms with Gasteiger partial charge in [-0.3, -0.25) is 4.68 Å². The molecule has 2 heterocycles. The lowest BCUT2D eigenvalue weighted by atomic mass is 10.2. The fraction of sp³-hybridized carbons (Fsp3) is 0.278. The zero-order valence-corrected chi connectivity index (χ0v) is 15.4. The van der Waals surface area contributed by atoms with Crippen LogP contribution in [0, 0.1) is 0 Å². The Labute approximate surface area is 157 Å². The molecule has 0 spiro atoms. The van der Waals surface area contributed by atoms with E-state index in [4.69, 9.17) is 23.2 Å². The van der Waals surface area contributed by atoms with Crippen LogP contribution in [0.2, 0.25) is 10.0 Å². The van der Waals surface area contributed by atoms with Crippen LogP contribution >= 0.6 is 23.2 Å². The summed E-state index contributed by atoms with van der Waals surface area (Å²) >= 11 is 12.2. The average molecular weight is 376 g/mol. The molecular formula is C18H19Cl2N5. The highest BCUT2D eigenvalue weighted by atomic mass is 35.5. The van der Waals surface area contributed by atoms with Gasteiger partial charge in [-0.1, -0.05) is 42.3 Å². The molecule has 0 aliphatic heterocycles. The van der Waals surface area contributed by atoms with Crippen LogP contribution in [0.15, 0.2) is 43.0 Å². The number of hydrogen-bond acceptors (Lipinski definition) is 4. The van der Waals surface area contributed by atoms with Crippen molar-refractivity contribution in [2.24, 2.45) is 0 Å². The van der Waals surface area contributed by atoms with Crippen LogP contribution in [-0.4, -0.2) is 26.3 Å². The van der Waals surface area contributed by atoms with Crippen LogP contribution in [0.1, 0.15) is 23.7 Å². The molecule has 0 amide bonds. The minimum atomic E-state index is 0.600. The molecule has 0 bridgehead atoms. The second-order valence-corrected chi connectivity index (χ2v) is 6.50. The van der Waals surface area contributed by atoms with Gasteiger partial charge in [-0.25, -0.2) is 9.97 Å². The number of rotatable bonds is 7. The van der Waals surface area contributed by atoms with E-state index in [2.05, 4.69) is 26.6 Å². The topological polar surface area (TPSA) is 55.6 Å². The summed E-state index contributed by atoms with van der Waals surface area (Å²) < 4.78 is 1.92. The predicted octanol–water partition coefficient (Wildman–Crippen LogP) is 4.25. The summed E-state index contributed by atoms with van der Waals surface area (Å²) in [7, 11) is 0. The maximum atomic E-state index is 6.28. The van der Waals surface area contributed by atoms with Gasteiger partial charge in [-0.2, -0.15) is 5.10 Å². The van der Waals surface area contributed by atoms with Crippen molar-refractivity contribution in [3.63, 3.8) is 0 Å². The van der Waals surface area contributed by atoms with Crippen LogP contribution in [0.3, 0.4) is 0 Å². The molecule has 130 valence electrons. The monoisotopic (exact) mass is 375 g/mol. The molecule has 0 unspecified atom stereocenters. The van der Waals surface area contributed by atoms with E-state index in [-0.39, 0.29) is 0 Å². The number of aromatic nitrogens is 4. The van der Waals surface area contributed by atoms with Gasteiger partial charge in [0.15, 0.2) is 0 Å². The molecule has 1 N–H and O–H groups in total. The first-order valence-corrected chi connectivity index (χ1v) is 8.90. The predicted molar refractivity (Wildman–Crippen MR) is 101 cm³/mol. The first-order valence-electron chi connectivity index (χ1n) is 8.14. The smallest absolute Gasteiger partial charge is 0.148 e. The van der Waals surface area contributed by atoms with Gasteiger partial charge in [0.1, 0.15) is 17.2 Å². The van der Waals surface area contributed by atoms with Crippen molar-refractivity contribution in [3.8, 4) is 0 Å². The van der Waals surface area contributed by atoms with Gasteiger partial charge >= 0.3 is 0 Å². The normalized spacial score (nSPS) is 10.8. The fourth-order valence-electron chi connectivity index (χ4n) is 2.50. The lowest BCUT2D eigenvalue weighted by molar-refractivity contribution is 0.686. The SMILES string of the molecule is CCc1ncnc(NCCc2cnn(Cc3ccc(Cl)cc3)c2)c1Cl. The molecule has 0 atom stereocenters. The second-order valence-electron chi connectivity index (χ2n) is 5.69. The summed E-state index contributed by atoms with van der Waals surface area (Å²) in [5, 5.41) is 9.02. The standard InChI is InChI=1S/C18H19Cl2N5/c1-2-16-17(20)18(23-12-22-16)21-8-7-14-9-24-25(11-14)10-13-3-5-15(19)6-4-13/h3-6,9,11-12H,2,7-8,10H2,1H3,(H,21,22,23).